The van der Waals surface area contributed by atoms with E-state index in [0.717, 1.165) is 9.80 Å². The van der Waals surface area contributed by atoms with Crippen molar-refractivity contribution >= 4 is 35.5 Å². The molecular weight excluding hydrogens is 424 g/mol. The molecule has 0 spiro atoms. The molecule has 0 radical (unpaired) electrons. The first-order valence-electron chi connectivity index (χ1n) is 10.0. The van der Waals surface area contributed by atoms with Gasteiger partial charge in [0.25, 0.3) is 11.8 Å². The molecule has 3 aromatic rings. The molecule has 1 saturated heterocycles. The molecule has 0 bridgehead atoms. The molecular formula is C25H16N2O6. The summed E-state index contributed by atoms with van der Waals surface area (Å²) in [5.41, 5.74) is 1.70. The summed E-state index contributed by atoms with van der Waals surface area (Å²) >= 11 is 0. The Morgan fingerprint density at radius 1 is 0.697 bits per heavy atom. The van der Waals surface area contributed by atoms with Crippen LogP contribution in [0.15, 0.2) is 64.6 Å². The standard InChI is InChI=1S/C25H16N2O6/c1-26-23(30)19(24(31)27(2)25(26)32)12-14-8-10-20(33-14)13-7-9-17-18(11-13)22(29)16-6-4-3-5-15(16)21(17)28/h3-12H,1-2H3. The van der Waals surface area contributed by atoms with Gasteiger partial charge in [0.15, 0.2) is 11.6 Å². The minimum atomic E-state index is -0.724. The van der Waals surface area contributed by atoms with Gasteiger partial charge >= 0.3 is 6.03 Å². The second kappa shape index (κ2) is 7.23. The zero-order chi connectivity index (χ0) is 23.4. The van der Waals surface area contributed by atoms with E-state index in [2.05, 4.69) is 0 Å². The summed E-state index contributed by atoms with van der Waals surface area (Å²) < 4.78 is 5.79. The van der Waals surface area contributed by atoms with Crippen LogP contribution in [0.3, 0.4) is 0 Å². The molecule has 0 atom stereocenters. The normalized spacial score (nSPS) is 15.7. The summed E-state index contributed by atoms with van der Waals surface area (Å²) in [6.07, 6.45) is 1.27. The number of hydrogen-bond acceptors (Lipinski definition) is 6. The topological polar surface area (TPSA) is 105 Å². The van der Waals surface area contributed by atoms with Gasteiger partial charge in [0.2, 0.25) is 0 Å². The second-order valence-electron chi connectivity index (χ2n) is 7.74. The number of imide groups is 2. The molecule has 8 heteroatoms. The number of nitrogens with zero attached hydrogens (tertiary/aromatic N) is 2. The summed E-state index contributed by atoms with van der Waals surface area (Å²) in [6, 6.07) is 14.0. The van der Waals surface area contributed by atoms with E-state index < -0.39 is 17.8 Å². The van der Waals surface area contributed by atoms with Gasteiger partial charge < -0.3 is 4.42 Å². The lowest BCUT2D eigenvalue weighted by atomic mass is 9.83. The number of ketones is 2. The van der Waals surface area contributed by atoms with Gasteiger partial charge in [0.1, 0.15) is 17.1 Å². The predicted molar refractivity (Wildman–Crippen MR) is 116 cm³/mol. The lowest BCUT2D eigenvalue weighted by Gasteiger charge is -2.28. The number of likely N-dealkylation sites (N-methyl/N-ethyl adjacent to an activating group) is 2. The monoisotopic (exact) mass is 440 g/mol. The minimum absolute atomic E-state index is 0.205. The molecule has 1 fully saturated rings. The van der Waals surface area contributed by atoms with Gasteiger partial charge in [-0.2, -0.15) is 0 Å². The number of carbonyl (C=O) groups is 5. The van der Waals surface area contributed by atoms with Crippen molar-refractivity contribution in [3.63, 3.8) is 0 Å². The number of benzene rings is 2. The van der Waals surface area contributed by atoms with Gasteiger partial charge in [-0.05, 0) is 30.3 Å². The van der Waals surface area contributed by atoms with E-state index in [1.54, 1.807) is 54.6 Å². The third kappa shape index (κ3) is 3.03. The number of urea groups is 1. The van der Waals surface area contributed by atoms with E-state index in [1.807, 2.05) is 0 Å². The van der Waals surface area contributed by atoms with Crippen LogP contribution >= 0.6 is 0 Å². The van der Waals surface area contributed by atoms with Gasteiger partial charge in [0.05, 0.1) is 0 Å². The number of carbonyl (C=O) groups excluding carboxylic acids is 5. The maximum atomic E-state index is 13.0. The van der Waals surface area contributed by atoms with E-state index in [0.29, 0.717) is 28.0 Å². The molecule has 0 unspecified atom stereocenters. The molecule has 1 aromatic heterocycles. The molecule has 8 nitrogen and oxygen atoms in total. The van der Waals surface area contributed by atoms with Crippen LogP contribution in [0.4, 0.5) is 4.79 Å². The highest BCUT2D eigenvalue weighted by atomic mass is 16.3. The third-order valence-electron chi connectivity index (χ3n) is 5.77. The van der Waals surface area contributed by atoms with Crippen molar-refractivity contribution in [3.8, 4) is 11.3 Å². The van der Waals surface area contributed by atoms with Crippen molar-refractivity contribution in [3.05, 3.63) is 88.2 Å². The molecule has 0 N–H and O–H groups in total. The molecule has 0 saturated carbocycles. The summed E-state index contributed by atoms with van der Waals surface area (Å²) in [4.78, 5) is 64.1. The first-order valence-corrected chi connectivity index (χ1v) is 10.0. The number of furan rings is 1. The van der Waals surface area contributed by atoms with Crippen LogP contribution in [0, 0.1) is 0 Å². The van der Waals surface area contributed by atoms with Crippen molar-refractivity contribution < 1.29 is 28.4 Å². The average molecular weight is 440 g/mol. The first-order chi connectivity index (χ1) is 15.8. The van der Waals surface area contributed by atoms with Crippen LogP contribution in [0.1, 0.15) is 37.6 Å². The third-order valence-corrected chi connectivity index (χ3v) is 5.77. The summed E-state index contributed by atoms with van der Waals surface area (Å²) in [5.74, 6) is -1.30. The highest BCUT2D eigenvalue weighted by Gasteiger charge is 2.38. The number of barbiturate groups is 1. The fraction of sp³-hybridized carbons (Fsp3) is 0.0800. The molecule has 4 amide bonds. The van der Waals surface area contributed by atoms with Crippen molar-refractivity contribution in [1.29, 1.82) is 0 Å². The Kier molecular flexibility index (Phi) is 4.45. The lowest BCUT2D eigenvalue weighted by molar-refractivity contribution is -0.134. The van der Waals surface area contributed by atoms with Gasteiger partial charge in [0, 0.05) is 41.9 Å². The lowest BCUT2D eigenvalue weighted by Crippen LogP contribution is -2.52. The molecule has 2 aromatic carbocycles. The summed E-state index contributed by atoms with van der Waals surface area (Å²) in [5, 5.41) is 0. The first kappa shape index (κ1) is 20.3. The summed E-state index contributed by atoms with van der Waals surface area (Å²) in [6.45, 7) is 0. The Morgan fingerprint density at radius 3 is 1.91 bits per heavy atom. The van der Waals surface area contributed by atoms with Gasteiger partial charge in [-0.15, -0.1) is 0 Å². The fourth-order valence-electron chi connectivity index (χ4n) is 3.96. The van der Waals surface area contributed by atoms with E-state index in [1.165, 1.54) is 20.2 Å². The SMILES string of the molecule is CN1C(=O)C(=Cc2ccc(-c3ccc4c(c3)C(=O)c3ccccc3C4=O)o2)C(=O)N(C)C1=O. The molecule has 5 rings (SSSR count). The fourth-order valence-corrected chi connectivity index (χ4v) is 3.96. The molecule has 2 aliphatic rings. The summed E-state index contributed by atoms with van der Waals surface area (Å²) in [7, 11) is 2.58. The van der Waals surface area contributed by atoms with Crippen LogP contribution in [-0.2, 0) is 9.59 Å². The maximum absolute atomic E-state index is 13.0. The second-order valence-corrected chi connectivity index (χ2v) is 7.74. The highest BCUT2D eigenvalue weighted by Crippen LogP contribution is 2.32. The molecule has 1 aliphatic carbocycles. The van der Waals surface area contributed by atoms with Gasteiger partial charge in [-0.1, -0.05) is 30.3 Å². The van der Waals surface area contributed by atoms with Crippen molar-refractivity contribution in [2.24, 2.45) is 0 Å². The smallest absolute Gasteiger partial charge is 0.333 e. The van der Waals surface area contributed by atoms with Crippen molar-refractivity contribution in [1.82, 2.24) is 9.80 Å². The number of hydrogen-bond donors (Lipinski definition) is 0. The Labute approximate surface area is 187 Å². The number of amides is 4. The Morgan fingerprint density at radius 2 is 1.27 bits per heavy atom. The zero-order valence-electron chi connectivity index (χ0n) is 17.6. The average Bonchev–Trinajstić information content (AvgIpc) is 3.31. The minimum Gasteiger partial charge on any atom is -0.457 e. The molecule has 1 aliphatic heterocycles. The zero-order valence-corrected chi connectivity index (χ0v) is 17.6. The van der Waals surface area contributed by atoms with Crippen LogP contribution in [0.2, 0.25) is 0 Å². The highest BCUT2D eigenvalue weighted by molar-refractivity contribution is 6.30. The number of rotatable bonds is 2. The Balaban J connectivity index is 1.50. The molecule has 33 heavy (non-hydrogen) atoms. The van der Waals surface area contributed by atoms with E-state index in [9.17, 15) is 24.0 Å². The van der Waals surface area contributed by atoms with Crippen molar-refractivity contribution in [2.45, 2.75) is 0 Å². The largest absolute Gasteiger partial charge is 0.457 e. The van der Waals surface area contributed by atoms with E-state index in [-0.39, 0.29) is 28.5 Å². The maximum Gasteiger partial charge on any atom is 0.333 e. The van der Waals surface area contributed by atoms with E-state index >= 15 is 0 Å². The van der Waals surface area contributed by atoms with Gasteiger partial charge in [-0.3, -0.25) is 29.0 Å². The van der Waals surface area contributed by atoms with Gasteiger partial charge in [-0.25, -0.2) is 4.79 Å². The van der Waals surface area contributed by atoms with Crippen LogP contribution in [0.5, 0.6) is 0 Å². The van der Waals surface area contributed by atoms with E-state index in [4.69, 9.17) is 4.42 Å². The quantitative estimate of drug-likeness (QED) is 0.350. The predicted octanol–water partition coefficient (Wildman–Crippen LogP) is 3.16. The molecule has 2 heterocycles. The Hall–Kier alpha value is -4.59. The van der Waals surface area contributed by atoms with Crippen molar-refractivity contribution in [2.75, 3.05) is 14.1 Å². The van der Waals surface area contributed by atoms with Crippen LogP contribution in [0.25, 0.3) is 17.4 Å². The van der Waals surface area contributed by atoms with Crippen LogP contribution in [-0.4, -0.2) is 53.3 Å². The molecule has 162 valence electrons. The Bertz CT molecular complexity index is 1420. The number of fused-ring (bicyclic) bond motifs is 2. The van der Waals surface area contributed by atoms with Crippen LogP contribution < -0.4 is 0 Å².